The molecule has 0 bridgehead atoms. The third kappa shape index (κ3) is 2.34. The van der Waals surface area contributed by atoms with E-state index in [0.717, 1.165) is 24.2 Å². The Morgan fingerprint density at radius 2 is 1.89 bits per heavy atom. The molecule has 0 radical (unpaired) electrons. The van der Waals surface area contributed by atoms with Crippen LogP contribution in [0.2, 0.25) is 0 Å². The maximum Gasteiger partial charge on any atom is 0.226 e. The molecule has 138 valence electrons. The maximum atomic E-state index is 12.8. The highest BCUT2D eigenvalue weighted by atomic mass is 16.1. The van der Waals surface area contributed by atoms with E-state index in [1.807, 2.05) is 31.7 Å². The molecule has 0 aliphatic heterocycles. The third-order valence-corrected chi connectivity index (χ3v) is 6.63. The van der Waals surface area contributed by atoms with Crippen molar-refractivity contribution in [1.29, 1.82) is 0 Å². The van der Waals surface area contributed by atoms with E-state index in [2.05, 4.69) is 43.0 Å². The van der Waals surface area contributed by atoms with Crippen molar-refractivity contribution in [3.8, 4) is 11.3 Å². The summed E-state index contributed by atoms with van der Waals surface area (Å²) in [5, 5.41) is 4.92. The van der Waals surface area contributed by atoms with E-state index in [1.165, 1.54) is 16.7 Å². The Bertz CT molecular complexity index is 1020. The molecule has 2 aromatic rings. The van der Waals surface area contributed by atoms with Gasteiger partial charge in [0.25, 0.3) is 0 Å². The quantitative estimate of drug-likeness (QED) is 0.697. The van der Waals surface area contributed by atoms with Gasteiger partial charge in [-0.2, -0.15) is 5.10 Å². The van der Waals surface area contributed by atoms with Crippen LogP contribution in [0.4, 0.5) is 0 Å². The van der Waals surface area contributed by atoms with Crippen LogP contribution in [-0.2, 0) is 23.7 Å². The molecule has 0 amide bonds. The monoisotopic (exact) mass is 359 g/mol. The second kappa shape index (κ2) is 5.66. The minimum atomic E-state index is -0.553. The van der Waals surface area contributed by atoms with E-state index in [0.29, 0.717) is 0 Å². The summed E-state index contributed by atoms with van der Waals surface area (Å²) < 4.78 is 1.97. The molecule has 2 aliphatic rings. The summed E-state index contributed by atoms with van der Waals surface area (Å²) in [5.74, 6) is 0.120. The molecule has 0 N–H and O–H groups in total. The molecule has 27 heavy (non-hydrogen) atoms. The van der Waals surface area contributed by atoms with Gasteiger partial charge in [0.1, 0.15) is 0 Å². The van der Waals surface area contributed by atoms with Gasteiger partial charge < -0.3 is 4.79 Å². The van der Waals surface area contributed by atoms with Crippen molar-refractivity contribution in [2.75, 3.05) is 0 Å². The molecule has 0 fully saturated rings. The van der Waals surface area contributed by atoms with Gasteiger partial charge in [0.2, 0.25) is 5.70 Å². The minimum absolute atomic E-state index is 0.0295. The van der Waals surface area contributed by atoms with Crippen LogP contribution in [0.25, 0.3) is 16.1 Å². The average molecular weight is 359 g/mol. The number of hydrogen-bond acceptors (Lipinski definition) is 2. The summed E-state index contributed by atoms with van der Waals surface area (Å²) in [6, 6.07) is 8.55. The van der Waals surface area contributed by atoms with Crippen molar-refractivity contribution in [2.45, 2.75) is 46.0 Å². The zero-order chi connectivity index (χ0) is 19.6. The Balaban J connectivity index is 1.95. The number of aryl methyl sites for hydroxylation is 2. The lowest BCUT2D eigenvalue weighted by molar-refractivity contribution is -0.128. The van der Waals surface area contributed by atoms with Crippen molar-refractivity contribution in [2.24, 2.45) is 18.4 Å². The zero-order valence-corrected chi connectivity index (χ0v) is 16.6. The third-order valence-electron chi connectivity index (χ3n) is 6.63. The molecule has 1 heterocycles. The number of carbonyl (C=O) groups is 1. The minimum Gasteiger partial charge on any atom is -0.307 e. The normalized spacial score (nSPS) is 26.0. The van der Waals surface area contributed by atoms with Gasteiger partial charge in [0, 0.05) is 29.0 Å². The molecular formula is C23H25N3O. The molecule has 0 spiro atoms. The Kier molecular flexibility index (Phi) is 3.72. The molecule has 0 saturated heterocycles. The van der Waals surface area contributed by atoms with Gasteiger partial charge in [-0.15, -0.1) is 0 Å². The number of allylic oxidation sites excluding steroid dienone is 2. The number of aromatic nitrogens is 2. The second-order valence-electron chi connectivity index (χ2n) is 8.73. The highest BCUT2D eigenvalue weighted by Gasteiger charge is 2.55. The van der Waals surface area contributed by atoms with Crippen LogP contribution in [0.3, 0.4) is 0 Å². The topological polar surface area (TPSA) is 39.2 Å². The number of ketones is 1. The van der Waals surface area contributed by atoms with Crippen molar-refractivity contribution in [1.82, 2.24) is 9.78 Å². The predicted molar refractivity (Wildman–Crippen MR) is 106 cm³/mol. The first-order valence-electron chi connectivity index (χ1n) is 9.48. The molecule has 4 rings (SSSR count). The van der Waals surface area contributed by atoms with Gasteiger partial charge in [0.15, 0.2) is 5.78 Å². The summed E-state index contributed by atoms with van der Waals surface area (Å²) in [4.78, 5) is 16.4. The standard InChI is InChI=1S/C23H25N3O/c1-14-7-9-15(10-8-14)19-16-11-12-18-22(2,3)21(27)17(24-5)13-23(18,4)20(16)25-26(19)6/h7-10,13,18H,11-12H2,1-4,6H3/t18-,23-/m0/s1. The Hall–Kier alpha value is -2.67. The first-order valence-corrected chi connectivity index (χ1v) is 9.48. The predicted octanol–water partition coefficient (Wildman–Crippen LogP) is 4.63. The number of hydrogen-bond donors (Lipinski definition) is 0. The largest absolute Gasteiger partial charge is 0.307 e. The molecule has 4 heteroatoms. The lowest BCUT2D eigenvalue weighted by Gasteiger charge is -2.49. The summed E-state index contributed by atoms with van der Waals surface area (Å²) >= 11 is 0. The molecule has 0 unspecified atom stereocenters. The lowest BCUT2D eigenvalue weighted by Crippen LogP contribution is -2.50. The van der Waals surface area contributed by atoms with Crippen LogP contribution in [0, 0.1) is 24.8 Å². The SMILES string of the molecule is [C-]#[N+]C1=C[C@]2(C)c3nn(C)c(-c4ccc(C)cc4)c3CC[C@H]2C(C)(C)C1=O. The van der Waals surface area contributed by atoms with Crippen LogP contribution in [0.5, 0.6) is 0 Å². The summed E-state index contributed by atoms with van der Waals surface area (Å²) in [5.41, 5.74) is 5.14. The Labute approximate surface area is 160 Å². The molecule has 2 atom stereocenters. The highest BCUT2D eigenvalue weighted by molar-refractivity contribution is 6.02. The van der Waals surface area contributed by atoms with Crippen LogP contribution >= 0.6 is 0 Å². The van der Waals surface area contributed by atoms with E-state index in [9.17, 15) is 4.79 Å². The van der Waals surface area contributed by atoms with Crippen molar-refractivity contribution >= 4 is 5.78 Å². The smallest absolute Gasteiger partial charge is 0.226 e. The highest BCUT2D eigenvalue weighted by Crippen LogP contribution is 2.55. The molecule has 2 aliphatic carbocycles. The summed E-state index contributed by atoms with van der Waals surface area (Å²) in [6.45, 7) is 15.7. The summed E-state index contributed by atoms with van der Waals surface area (Å²) in [6.07, 6.45) is 3.72. The number of nitrogens with zero attached hydrogens (tertiary/aromatic N) is 3. The van der Waals surface area contributed by atoms with Crippen LogP contribution in [0.15, 0.2) is 36.0 Å². The van der Waals surface area contributed by atoms with Crippen molar-refractivity contribution < 1.29 is 4.79 Å². The number of carbonyl (C=O) groups excluding carboxylic acids is 1. The fourth-order valence-electron chi connectivity index (χ4n) is 5.26. The van der Waals surface area contributed by atoms with E-state index < -0.39 is 10.8 Å². The fourth-order valence-corrected chi connectivity index (χ4v) is 5.26. The fraction of sp³-hybridized carbons (Fsp3) is 0.435. The van der Waals surface area contributed by atoms with Crippen LogP contribution < -0.4 is 0 Å². The molecule has 4 nitrogen and oxygen atoms in total. The average Bonchev–Trinajstić information content (AvgIpc) is 2.96. The van der Waals surface area contributed by atoms with Gasteiger partial charge in [-0.05, 0) is 25.7 Å². The van der Waals surface area contributed by atoms with Crippen LogP contribution in [-0.4, -0.2) is 15.6 Å². The number of fused-ring (bicyclic) bond motifs is 3. The molecular weight excluding hydrogens is 334 g/mol. The van der Waals surface area contributed by atoms with Gasteiger partial charge in [-0.3, -0.25) is 4.68 Å². The molecule has 1 aromatic carbocycles. The van der Waals surface area contributed by atoms with Crippen molar-refractivity contribution in [3.63, 3.8) is 0 Å². The number of benzene rings is 1. The van der Waals surface area contributed by atoms with E-state index in [-0.39, 0.29) is 17.4 Å². The Morgan fingerprint density at radius 1 is 1.22 bits per heavy atom. The zero-order valence-electron chi connectivity index (χ0n) is 16.6. The molecule has 0 saturated carbocycles. The second-order valence-corrected chi connectivity index (χ2v) is 8.73. The Morgan fingerprint density at radius 3 is 2.52 bits per heavy atom. The number of Topliss-reactive ketones (excluding diaryl/α,β-unsaturated/α-hetero) is 1. The van der Waals surface area contributed by atoms with Gasteiger partial charge in [-0.25, -0.2) is 4.85 Å². The van der Waals surface area contributed by atoms with Gasteiger partial charge >= 0.3 is 0 Å². The molecule has 1 aromatic heterocycles. The van der Waals surface area contributed by atoms with Gasteiger partial charge in [-0.1, -0.05) is 56.7 Å². The van der Waals surface area contributed by atoms with Crippen LogP contribution in [0.1, 0.15) is 44.0 Å². The van der Waals surface area contributed by atoms with E-state index >= 15 is 0 Å². The van der Waals surface area contributed by atoms with Gasteiger partial charge in [0.05, 0.1) is 18.0 Å². The van der Waals surface area contributed by atoms with E-state index in [1.54, 1.807) is 0 Å². The summed E-state index contributed by atoms with van der Waals surface area (Å²) in [7, 11) is 1.99. The van der Waals surface area contributed by atoms with Crippen molar-refractivity contribution in [3.05, 3.63) is 64.3 Å². The first kappa shape index (κ1) is 17.7. The number of rotatable bonds is 1. The lowest BCUT2D eigenvalue weighted by atomic mass is 9.53. The van der Waals surface area contributed by atoms with E-state index in [4.69, 9.17) is 11.7 Å². The maximum absolute atomic E-state index is 12.8. The first-order chi connectivity index (χ1) is 12.7.